The summed E-state index contributed by atoms with van der Waals surface area (Å²) in [5, 5.41) is 4.96. The highest BCUT2D eigenvalue weighted by molar-refractivity contribution is 7.89. The molecular weight excluding hydrogens is 200 g/mol. The van der Waals surface area contributed by atoms with Crippen LogP contribution < -0.4 is 5.14 Å². The van der Waals surface area contributed by atoms with Gasteiger partial charge in [0.05, 0.1) is 5.75 Å². The van der Waals surface area contributed by atoms with E-state index in [1.807, 2.05) is 0 Å². The van der Waals surface area contributed by atoms with Crippen molar-refractivity contribution in [3.63, 3.8) is 0 Å². The molecule has 1 heterocycles. The average Bonchev–Trinajstić information content (AvgIpc) is 2.25. The van der Waals surface area contributed by atoms with E-state index >= 15 is 0 Å². The Morgan fingerprint density at radius 1 is 1.36 bits per heavy atom. The standard InChI is InChI=1S/C9H20N2O2S/c1-9-3-2-5-11(6-4-9)7-8-14(10,12)13/h9H,2-8H2,1H3,(H2,10,12,13). The van der Waals surface area contributed by atoms with Crippen LogP contribution in [0.15, 0.2) is 0 Å². The summed E-state index contributed by atoms with van der Waals surface area (Å²) in [6.45, 7) is 4.87. The fourth-order valence-corrected chi connectivity index (χ4v) is 2.32. The molecule has 1 unspecified atom stereocenters. The molecule has 0 aromatic heterocycles. The number of sulfonamides is 1. The largest absolute Gasteiger partial charge is 0.302 e. The van der Waals surface area contributed by atoms with Crippen molar-refractivity contribution in [3.8, 4) is 0 Å². The van der Waals surface area contributed by atoms with Gasteiger partial charge in [0, 0.05) is 6.54 Å². The lowest BCUT2D eigenvalue weighted by molar-refractivity contribution is 0.298. The number of nitrogens with zero attached hydrogens (tertiary/aromatic N) is 1. The number of hydrogen-bond acceptors (Lipinski definition) is 3. The maximum atomic E-state index is 10.8. The first-order valence-corrected chi connectivity index (χ1v) is 6.92. The van der Waals surface area contributed by atoms with Gasteiger partial charge in [0.15, 0.2) is 0 Å². The summed E-state index contributed by atoms with van der Waals surface area (Å²) in [7, 11) is -3.29. The highest BCUT2D eigenvalue weighted by Gasteiger charge is 2.14. The third-order valence-corrected chi connectivity index (χ3v) is 3.55. The number of primary sulfonamides is 1. The van der Waals surface area contributed by atoms with Gasteiger partial charge in [0.2, 0.25) is 10.0 Å². The van der Waals surface area contributed by atoms with Crippen molar-refractivity contribution in [2.45, 2.75) is 26.2 Å². The predicted octanol–water partition coefficient (Wildman–Crippen LogP) is 0.397. The van der Waals surface area contributed by atoms with Gasteiger partial charge < -0.3 is 4.90 Å². The molecule has 14 heavy (non-hydrogen) atoms. The van der Waals surface area contributed by atoms with Crippen LogP contribution in [-0.2, 0) is 10.0 Å². The number of rotatable bonds is 3. The van der Waals surface area contributed by atoms with Gasteiger partial charge in [-0.2, -0.15) is 0 Å². The highest BCUT2D eigenvalue weighted by Crippen LogP contribution is 2.15. The molecule has 0 spiro atoms. The van der Waals surface area contributed by atoms with Gasteiger partial charge in [0.25, 0.3) is 0 Å². The Morgan fingerprint density at radius 2 is 2.07 bits per heavy atom. The van der Waals surface area contributed by atoms with Crippen LogP contribution in [0.1, 0.15) is 26.2 Å². The zero-order valence-electron chi connectivity index (χ0n) is 8.78. The molecule has 2 N–H and O–H groups in total. The molecular formula is C9H20N2O2S. The monoisotopic (exact) mass is 220 g/mol. The number of likely N-dealkylation sites (tertiary alicyclic amines) is 1. The van der Waals surface area contributed by atoms with E-state index in [0.29, 0.717) is 6.54 Å². The molecule has 5 heteroatoms. The van der Waals surface area contributed by atoms with Crippen LogP contribution in [0, 0.1) is 5.92 Å². The van der Waals surface area contributed by atoms with E-state index in [-0.39, 0.29) is 5.75 Å². The van der Waals surface area contributed by atoms with E-state index in [1.54, 1.807) is 0 Å². The van der Waals surface area contributed by atoms with E-state index in [4.69, 9.17) is 5.14 Å². The van der Waals surface area contributed by atoms with Gasteiger partial charge >= 0.3 is 0 Å². The molecule has 0 saturated carbocycles. The van der Waals surface area contributed by atoms with Crippen LogP contribution in [0.3, 0.4) is 0 Å². The zero-order chi connectivity index (χ0) is 10.6. The summed E-state index contributed by atoms with van der Waals surface area (Å²) in [6.07, 6.45) is 3.60. The van der Waals surface area contributed by atoms with Crippen molar-refractivity contribution in [2.75, 3.05) is 25.4 Å². The Kier molecular flexibility index (Phi) is 4.34. The molecule has 1 aliphatic rings. The van der Waals surface area contributed by atoms with E-state index < -0.39 is 10.0 Å². The molecule has 1 rings (SSSR count). The molecule has 1 aliphatic heterocycles. The first kappa shape index (κ1) is 11.9. The van der Waals surface area contributed by atoms with Gasteiger partial charge in [-0.25, -0.2) is 13.6 Å². The van der Waals surface area contributed by atoms with Crippen LogP contribution in [0.4, 0.5) is 0 Å². The lowest BCUT2D eigenvalue weighted by atomic mass is 10.0. The first-order chi connectivity index (χ1) is 6.47. The van der Waals surface area contributed by atoms with Crippen LogP contribution in [0.5, 0.6) is 0 Å². The predicted molar refractivity (Wildman–Crippen MR) is 57.4 cm³/mol. The fraction of sp³-hybridized carbons (Fsp3) is 1.00. The van der Waals surface area contributed by atoms with Gasteiger partial charge in [-0.1, -0.05) is 6.92 Å². The Bertz CT molecular complexity index is 264. The van der Waals surface area contributed by atoms with Crippen LogP contribution in [-0.4, -0.2) is 38.7 Å². The maximum absolute atomic E-state index is 10.8. The fourth-order valence-electron chi connectivity index (χ4n) is 1.80. The molecule has 0 aromatic rings. The normalized spacial score (nSPS) is 26.0. The second-order valence-electron chi connectivity index (χ2n) is 4.24. The summed E-state index contributed by atoms with van der Waals surface area (Å²) < 4.78 is 21.6. The Labute approximate surface area is 86.5 Å². The topological polar surface area (TPSA) is 63.4 Å². The van der Waals surface area contributed by atoms with Crippen molar-refractivity contribution < 1.29 is 8.42 Å². The summed E-state index contributed by atoms with van der Waals surface area (Å²) in [4.78, 5) is 2.20. The lowest BCUT2D eigenvalue weighted by Gasteiger charge is -2.18. The minimum atomic E-state index is -3.29. The Hall–Kier alpha value is -0.130. The van der Waals surface area contributed by atoms with Crippen molar-refractivity contribution in [3.05, 3.63) is 0 Å². The van der Waals surface area contributed by atoms with E-state index in [0.717, 1.165) is 19.0 Å². The van der Waals surface area contributed by atoms with Crippen molar-refractivity contribution in [1.82, 2.24) is 4.90 Å². The van der Waals surface area contributed by atoms with E-state index in [9.17, 15) is 8.42 Å². The zero-order valence-corrected chi connectivity index (χ0v) is 9.59. The SMILES string of the molecule is CC1CCCN(CCS(N)(=O)=O)CC1. The van der Waals surface area contributed by atoms with E-state index in [2.05, 4.69) is 11.8 Å². The molecule has 0 aromatic carbocycles. The van der Waals surface area contributed by atoms with E-state index in [1.165, 1.54) is 19.3 Å². The Morgan fingerprint density at radius 3 is 2.71 bits per heavy atom. The summed E-state index contributed by atoms with van der Waals surface area (Å²) in [6, 6.07) is 0. The Balaban J connectivity index is 2.31. The van der Waals surface area contributed by atoms with Crippen LogP contribution in [0.2, 0.25) is 0 Å². The molecule has 0 bridgehead atoms. The minimum absolute atomic E-state index is 0.0847. The number of hydrogen-bond donors (Lipinski definition) is 1. The molecule has 0 aliphatic carbocycles. The van der Waals surface area contributed by atoms with Gasteiger partial charge in [-0.05, 0) is 38.3 Å². The molecule has 84 valence electrons. The van der Waals surface area contributed by atoms with Crippen molar-refractivity contribution in [1.29, 1.82) is 0 Å². The number of nitrogens with two attached hydrogens (primary N) is 1. The lowest BCUT2D eigenvalue weighted by Crippen LogP contribution is -2.32. The summed E-state index contributed by atoms with van der Waals surface area (Å²) >= 11 is 0. The van der Waals surface area contributed by atoms with Crippen molar-refractivity contribution in [2.24, 2.45) is 11.1 Å². The summed E-state index contributed by atoms with van der Waals surface area (Å²) in [5.41, 5.74) is 0. The second kappa shape index (κ2) is 5.09. The molecule has 1 atom stereocenters. The van der Waals surface area contributed by atoms with Gasteiger partial charge in [-0.3, -0.25) is 0 Å². The second-order valence-corrected chi connectivity index (χ2v) is 5.98. The molecule has 1 saturated heterocycles. The third kappa shape index (κ3) is 4.93. The van der Waals surface area contributed by atoms with Gasteiger partial charge in [-0.15, -0.1) is 0 Å². The third-order valence-electron chi connectivity index (χ3n) is 2.80. The summed E-state index contributed by atoms with van der Waals surface area (Å²) in [5.74, 6) is 0.857. The first-order valence-electron chi connectivity index (χ1n) is 5.20. The molecule has 1 fully saturated rings. The molecule has 0 amide bonds. The average molecular weight is 220 g/mol. The molecule has 0 radical (unpaired) electrons. The highest BCUT2D eigenvalue weighted by atomic mass is 32.2. The quantitative estimate of drug-likeness (QED) is 0.748. The van der Waals surface area contributed by atoms with Gasteiger partial charge in [0.1, 0.15) is 0 Å². The maximum Gasteiger partial charge on any atom is 0.210 e. The van der Waals surface area contributed by atoms with Crippen LogP contribution in [0.25, 0.3) is 0 Å². The van der Waals surface area contributed by atoms with Crippen LogP contribution >= 0.6 is 0 Å². The van der Waals surface area contributed by atoms with Crippen molar-refractivity contribution >= 4 is 10.0 Å². The minimum Gasteiger partial charge on any atom is -0.302 e. The molecule has 4 nitrogen and oxygen atoms in total. The smallest absolute Gasteiger partial charge is 0.210 e.